The fourth-order valence-electron chi connectivity index (χ4n) is 3.66. The van der Waals surface area contributed by atoms with Gasteiger partial charge in [0, 0.05) is 36.0 Å². The summed E-state index contributed by atoms with van der Waals surface area (Å²) in [6.45, 7) is 10.7. The summed E-state index contributed by atoms with van der Waals surface area (Å²) < 4.78 is 0. The van der Waals surface area contributed by atoms with Crippen molar-refractivity contribution in [2.24, 2.45) is 0 Å². The molecule has 1 aliphatic carbocycles. The van der Waals surface area contributed by atoms with Crippen LogP contribution >= 0.6 is 11.3 Å². The van der Waals surface area contributed by atoms with E-state index in [9.17, 15) is 9.59 Å². The topological polar surface area (TPSA) is 75.2 Å². The summed E-state index contributed by atoms with van der Waals surface area (Å²) in [6.07, 6.45) is 2.13. The number of aromatic nitrogens is 2. The van der Waals surface area contributed by atoms with Crippen molar-refractivity contribution in [2.45, 2.75) is 65.5 Å². The van der Waals surface area contributed by atoms with Crippen molar-refractivity contribution >= 4 is 33.4 Å². The van der Waals surface area contributed by atoms with Crippen molar-refractivity contribution in [3.63, 3.8) is 0 Å². The standard InChI is InChI=1S/C25H30N4O2S/c1-14-19-15(2)26-24(25(3,4)5)28-22(19)32-20(14)23(31)29(6)13-16-7-9-17(10-8-16)21(30)27-18-11-12-18/h7-10,18H,11-13H2,1-6H3,(H,27,30). The molecular formula is C25H30N4O2S. The molecule has 1 saturated carbocycles. The van der Waals surface area contributed by atoms with Crippen LogP contribution in [0.5, 0.6) is 0 Å². The predicted octanol–water partition coefficient (Wildman–Crippen LogP) is 4.77. The van der Waals surface area contributed by atoms with Gasteiger partial charge in [0.1, 0.15) is 10.7 Å². The minimum Gasteiger partial charge on any atom is -0.349 e. The Balaban J connectivity index is 1.52. The number of carbonyl (C=O) groups excluding carboxylic acids is 2. The maximum absolute atomic E-state index is 13.3. The second kappa shape index (κ2) is 8.28. The van der Waals surface area contributed by atoms with Crippen LogP contribution in [-0.2, 0) is 12.0 Å². The summed E-state index contributed by atoms with van der Waals surface area (Å²) in [5.41, 5.74) is 3.33. The number of rotatable bonds is 5. The molecule has 6 nitrogen and oxygen atoms in total. The Labute approximate surface area is 193 Å². The number of aryl methyl sites for hydroxylation is 2. The van der Waals surface area contributed by atoms with Crippen molar-refractivity contribution in [3.05, 3.63) is 57.4 Å². The van der Waals surface area contributed by atoms with Gasteiger partial charge in [0.05, 0.1) is 10.6 Å². The first-order valence-electron chi connectivity index (χ1n) is 11.0. The van der Waals surface area contributed by atoms with Gasteiger partial charge in [0.15, 0.2) is 0 Å². The highest BCUT2D eigenvalue weighted by atomic mass is 32.1. The third-order valence-electron chi connectivity index (χ3n) is 5.73. The molecule has 0 spiro atoms. The highest BCUT2D eigenvalue weighted by Crippen LogP contribution is 2.34. The zero-order valence-corrected chi connectivity index (χ0v) is 20.4. The Bertz CT molecular complexity index is 1190. The molecule has 168 valence electrons. The lowest BCUT2D eigenvalue weighted by atomic mass is 9.95. The Kier molecular flexibility index (Phi) is 5.79. The minimum atomic E-state index is -0.153. The van der Waals surface area contributed by atoms with E-state index < -0.39 is 0 Å². The molecule has 1 aliphatic rings. The minimum absolute atomic E-state index is 0.0299. The van der Waals surface area contributed by atoms with Crippen molar-refractivity contribution in [2.75, 3.05) is 7.05 Å². The molecule has 7 heteroatoms. The van der Waals surface area contributed by atoms with E-state index in [1.54, 1.807) is 11.9 Å². The van der Waals surface area contributed by atoms with Gasteiger partial charge in [0.25, 0.3) is 11.8 Å². The molecule has 0 atom stereocenters. The second-order valence-electron chi connectivity index (χ2n) is 9.72. The predicted molar refractivity (Wildman–Crippen MR) is 128 cm³/mol. The number of benzene rings is 1. The molecule has 32 heavy (non-hydrogen) atoms. The fourth-order valence-corrected chi connectivity index (χ4v) is 4.88. The third-order valence-corrected chi connectivity index (χ3v) is 6.90. The molecular weight excluding hydrogens is 420 g/mol. The van der Waals surface area contributed by atoms with Gasteiger partial charge in [-0.05, 0) is 49.9 Å². The molecule has 0 aliphatic heterocycles. The summed E-state index contributed by atoms with van der Waals surface area (Å²) in [7, 11) is 1.80. The lowest BCUT2D eigenvalue weighted by molar-refractivity contribution is 0.0788. The molecule has 0 bridgehead atoms. The maximum Gasteiger partial charge on any atom is 0.264 e. The normalized spacial score (nSPS) is 13.9. The molecule has 1 N–H and O–H groups in total. The Morgan fingerprint density at radius 2 is 1.78 bits per heavy atom. The molecule has 3 aromatic rings. The lowest BCUT2D eigenvalue weighted by Crippen LogP contribution is -2.26. The van der Waals surface area contributed by atoms with Gasteiger partial charge in [-0.1, -0.05) is 32.9 Å². The number of nitrogens with one attached hydrogen (secondary N) is 1. The number of fused-ring (bicyclic) bond motifs is 1. The van der Waals surface area contributed by atoms with E-state index in [-0.39, 0.29) is 17.2 Å². The van der Waals surface area contributed by atoms with E-state index in [0.29, 0.717) is 23.0 Å². The number of hydrogen-bond donors (Lipinski definition) is 1. The molecule has 2 aromatic heterocycles. The largest absolute Gasteiger partial charge is 0.349 e. The van der Waals surface area contributed by atoms with Gasteiger partial charge in [-0.3, -0.25) is 9.59 Å². The number of carbonyl (C=O) groups is 2. The Hall–Kier alpha value is -2.80. The number of thiophene rings is 1. The summed E-state index contributed by atoms with van der Waals surface area (Å²) in [4.78, 5) is 38.2. The highest BCUT2D eigenvalue weighted by Gasteiger charge is 2.25. The van der Waals surface area contributed by atoms with Crippen molar-refractivity contribution in [3.8, 4) is 0 Å². The Morgan fingerprint density at radius 1 is 1.12 bits per heavy atom. The van der Waals surface area contributed by atoms with E-state index in [4.69, 9.17) is 9.97 Å². The first-order valence-corrected chi connectivity index (χ1v) is 11.8. The zero-order chi connectivity index (χ0) is 23.2. The first-order chi connectivity index (χ1) is 15.0. The number of amides is 2. The van der Waals surface area contributed by atoms with Gasteiger partial charge in [0.2, 0.25) is 0 Å². The van der Waals surface area contributed by atoms with Crippen LogP contribution in [0.25, 0.3) is 10.2 Å². The molecule has 0 unspecified atom stereocenters. The van der Waals surface area contributed by atoms with E-state index in [1.807, 2.05) is 38.1 Å². The van der Waals surface area contributed by atoms with Crippen LogP contribution in [0.4, 0.5) is 0 Å². The molecule has 4 rings (SSSR count). The average molecular weight is 451 g/mol. The van der Waals surface area contributed by atoms with Gasteiger partial charge in [-0.2, -0.15) is 0 Å². The third kappa shape index (κ3) is 4.53. The summed E-state index contributed by atoms with van der Waals surface area (Å²) in [5, 5.41) is 3.97. The monoisotopic (exact) mass is 450 g/mol. The molecule has 1 aromatic carbocycles. The molecule has 0 saturated heterocycles. The SMILES string of the molecule is Cc1nc(C(C)(C)C)nc2sc(C(=O)N(C)Cc3ccc(C(=O)NC4CC4)cc3)c(C)c12. The molecule has 2 heterocycles. The van der Waals surface area contributed by atoms with E-state index >= 15 is 0 Å². The van der Waals surface area contributed by atoms with Crippen LogP contribution in [0.1, 0.15) is 76.3 Å². The van der Waals surface area contributed by atoms with Crippen LogP contribution in [0, 0.1) is 13.8 Å². The Morgan fingerprint density at radius 3 is 2.38 bits per heavy atom. The van der Waals surface area contributed by atoms with Gasteiger partial charge < -0.3 is 10.2 Å². The van der Waals surface area contributed by atoms with Crippen LogP contribution in [-0.4, -0.2) is 39.8 Å². The van der Waals surface area contributed by atoms with Crippen LogP contribution in [0.15, 0.2) is 24.3 Å². The van der Waals surface area contributed by atoms with Crippen molar-refractivity contribution in [1.29, 1.82) is 0 Å². The van der Waals surface area contributed by atoms with Crippen LogP contribution in [0.3, 0.4) is 0 Å². The zero-order valence-electron chi connectivity index (χ0n) is 19.6. The number of hydrogen-bond acceptors (Lipinski definition) is 5. The van der Waals surface area contributed by atoms with Crippen LogP contribution < -0.4 is 5.32 Å². The van der Waals surface area contributed by atoms with E-state index in [2.05, 4.69) is 26.1 Å². The second-order valence-corrected chi connectivity index (χ2v) is 10.7. The number of nitrogens with zero attached hydrogens (tertiary/aromatic N) is 3. The highest BCUT2D eigenvalue weighted by molar-refractivity contribution is 7.20. The molecule has 0 radical (unpaired) electrons. The summed E-state index contributed by atoms with van der Waals surface area (Å²) >= 11 is 1.44. The van der Waals surface area contributed by atoms with Crippen LogP contribution in [0.2, 0.25) is 0 Å². The maximum atomic E-state index is 13.3. The quantitative estimate of drug-likeness (QED) is 0.608. The van der Waals surface area contributed by atoms with E-state index in [1.165, 1.54) is 11.3 Å². The van der Waals surface area contributed by atoms with Crippen molar-refractivity contribution in [1.82, 2.24) is 20.2 Å². The smallest absolute Gasteiger partial charge is 0.264 e. The lowest BCUT2D eigenvalue weighted by Gasteiger charge is -2.17. The van der Waals surface area contributed by atoms with Crippen molar-refractivity contribution < 1.29 is 9.59 Å². The van der Waals surface area contributed by atoms with Gasteiger partial charge in [-0.25, -0.2) is 9.97 Å². The average Bonchev–Trinajstić information content (AvgIpc) is 3.48. The van der Waals surface area contributed by atoms with Gasteiger partial charge in [-0.15, -0.1) is 11.3 Å². The summed E-state index contributed by atoms with van der Waals surface area (Å²) in [5.74, 6) is 0.732. The summed E-state index contributed by atoms with van der Waals surface area (Å²) in [6, 6.07) is 7.80. The first kappa shape index (κ1) is 22.4. The molecule has 1 fully saturated rings. The molecule has 2 amide bonds. The van der Waals surface area contributed by atoms with Gasteiger partial charge >= 0.3 is 0 Å². The van der Waals surface area contributed by atoms with E-state index in [0.717, 1.165) is 45.7 Å². The fraction of sp³-hybridized carbons (Fsp3) is 0.440.